The molecular weight excluding hydrogens is 271 g/mol. The highest BCUT2D eigenvalue weighted by molar-refractivity contribution is 6.31. The molecule has 2 rings (SSSR count). The Morgan fingerprint density at radius 1 is 1.47 bits per heavy atom. The number of amides is 2. The molecule has 1 saturated heterocycles. The highest BCUT2D eigenvalue weighted by atomic mass is 35.5. The number of piperazine rings is 1. The van der Waals surface area contributed by atoms with Gasteiger partial charge >= 0.3 is 0 Å². The molecule has 1 aromatic rings. The zero-order chi connectivity index (χ0) is 14.0. The van der Waals surface area contributed by atoms with E-state index in [-0.39, 0.29) is 23.4 Å². The molecule has 0 spiro atoms. The lowest BCUT2D eigenvalue weighted by atomic mass is 10.1. The summed E-state index contributed by atoms with van der Waals surface area (Å²) in [5.41, 5.74) is 0.437. The monoisotopic (exact) mass is 284 g/mol. The van der Waals surface area contributed by atoms with Crippen LogP contribution in [0.3, 0.4) is 0 Å². The molecule has 0 aromatic heterocycles. The molecule has 0 saturated carbocycles. The topological polar surface area (TPSA) is 49.4 Å². The molecule has 0 radical (unpaired) electrons. The second-order valence-corrected chi connectivity index (χ2v) is 4.84. The van der Waals surface area contributed by atoms with E-state index >= 15 is 0 Å². The summed E-state index contributed by atoms with van der Waals surface area (Å²) in [6, 6.07) is 3.47. The average molecular weight is 285 g/mol. The lowest BCUT2D eigenvalue weighted by molar-refractivity contribution is -0.131. The molecule has 1 fully saturated rings. The van der Waals surface area contributed by atoms with Crippen molar-refractivity contribution in [1.82, 2.24) is 5.32 Å². The zero-order valence-corrected chi connectivity index (χ0v) is 11.2. The van der Waals surface area contributed by atoms with Crippen molar-refractivity contribution in [3.05, 3.63) is 29.0 Å². The molecule has 2 amide bonds. The SMILES string of the molecule is CCCC1NC(=O)CN(c2ccc(F)c(Cl)c2)C1=O. The van der Waals surface area contributed by atoms with Gasteiger partial charge in [-0.05, 0) is 24.6 Å². The van der Waals surface area contributed by atoms with Crippen LogP contribution >= 0.6 is 11.6 Å². The maximum absolute atomic E-state index is 13.1. The first-order valence-corrected chi connectivity index (χ1v) is 6.46. The Balaban J connectivity index is 2.28. The van der Waals surface area contributed by atoms with Crippen LogP contribution < -0.4 is 10.2 Å². The van der Waals surface area contributed by atoms with E-state index in [0.29, 0.717) is 12.1 Å². The van der Waals surface area contributed by atoms with Gasteiger partial charge in [0.1, 0.15) is 18.4 Å². The molecule has 1 atom stereocenters. The molecule has 1 heterocycles. The van der Waals surface area contributed by atoms with Crippen molar-refractivity contribution < 1.29 is 14.0 Å². The molecule has 1 N–H and O–H groups in total. The predicted molar refractivity (Wildman–Crippen MR) is 70.6 cm³/mol. The van der Waals surface area contributed by atoms with Gasteiger partial charge in [0, 0.05) is 5.69 Å². The third-order valence-electron chi connectivity index (χ3n) is 2.99. The number of hydrogen-bond acceptors (Lipinski definition) is 2. The van der Waals surface area contributed by atoms with Gasteiger partial charge < -0.3 is 10.2 Å². The lowest BCUT2D eigenvalue weighted by Gasteiger charge is -2.32. The smallest absolute Gasteiger partial charge is 0.250 e. The van der Waals surface area contributed by atoms with E-state index < -0.39 is 11.9 Å². The molecule has 1 aliphatic heterocycles. The van der Waals surface area contributed by atoms with Gasteiger partial charge in [-0.1, -0.05) is 24.9 Å². The number of nitrogens with zero attached hydrogens (tertiary/aromatic N) is 1. The fourth-order valence-corrected chi connectivity index (χ4v) is 2.24. The van der Waals surface area contributed by atoms with E-state index in [1.165, 1.54) is 23.1 Å². The number of nitrogens with one attached hydrogen (secondary N) is 1. The van der Waals surface area contributed by atoms with Crippen molar-refractivity contribution in [2.45, 2.75) is 25.8 Å². The molecule has 1 aliphatic rings. The van der Waals surface area contributed by atoms with Crippen LogP contribution in [0.25, 0.3) is 0 Å². The van der Waals surface area contributed by atoms with E-state index in [4.69, 9.17) is 11.6 Å². The Hall–Kier alpha value is -1.62. The van der Waals surface area contributed by atoms with E-state index in [9.17, 15) is 14.0 Å². The Labute approximate surface area is 115 Å². The Bertz CT molecular complexity index is 521. The Morgan fingerprint density at radius 2 is 2.21 bits per heavy atom. The molecule has 1 aromatic carbocycles. The molecule has 102 valence electrons. The summed E-state index contributed by atoms with van der Waals surface area (Å²) in [5, 5.41) is 2.59. The van der Waals surface area contributed by atoms with Crippen molar-refractivity contribution >= 4 is 29.1 Å². The quantitative estimate of drug-likeness (QED) is 0.924. The van der Waals surface area contributed by atoms with Crippen LogP contribution in [0.4, 0.5) is 10.1 Å². The second kappa shape index (κ2) is 5.57. The van der Waals surface area contributed by atoms with Crippen LogP contribution in [0, 0.1) is 5.82 Å². The standard InChI is InChI=1S/C13H14ClFN2O2/c1-2-3-11-13(19)17(7-12(18)16-11)8-4-5-10(15)9(14)6-8/h4-6,11H,2-3,7H2,1H3,(H,16,18). The van der Waals surface area contributed by atoms with Gasteiger partial charge in [-0.2, -0.15) is 0 Å². The zero-order valence-electron chi connectivity index (χ0n) is 10.5. The Kier molecular flexibility index (Phi) is 4.04. The van der Waals surface area contributed by atoms with Crippen LogP contribution in [0.15, 0.2) is 18.2 Å². The summed E-state index contributed by atoms with van der Waals surface area (Å²) >= 11 is 5.70. The van der Waals surface area contributed by atoms with Crippen molar-refractivity contribution in [3.8, 4) is 0 Å². The molecular formula is C13H14ClFN2O2. The fraction of sp³-hybridized carbons (Fsp3) is 0.385. The molecule has 6 heteroatoms. The van der Waals surface area contributed by atoms with Crippen molar-refractivity contribution in [3.63, 3.8) is 0 Å². The minimum atomic E-state index is -0.551. The third-order valence-corrected chi connectivity index (χ3v) is 3.28. The van der Waals surface area contributed by atoms with E-state index in [1.54, 1.807) is 0 Å². The summed E-state index contributed by atoms with van der Waals surface area (Å²) in [5.74, 6) is -0.966. The minimum Gasteiger partial charge on any atom is -0.343 e. The van der Waals surface area contributed by atoms with Gasteiger partial charge in [0.25, 0.3) is 0 Å². The number of hydrogen-bond donors (Lipinski definition) is 1. The van der Waals surface area contributed by atoms with Crippen LogP contribution in [-0.2, 0) is 9.59 Å². The molecule has 0 aliphatic carbocycles. The average Bonchev–Trinajstić information content (AvgIpc) is 2.37. The maximum atomic E-state index is 13.1. The van der Waals surface area contributed by atoms with Crippen molar-refractivity contribution in [1.29, 1.82) is 0 Å². The van der Waals surface area contributed by atoms with Gasteiger partial charge in [0.05, 0.1) is 5.02 Å². The van der Waals surface area contributed by atoms with Gasteiger partial charge in [-0.3, -0.25) is 9.59 Å². The van der Waals surface area contributed by atoms with Crippen LogP contribution in [0.5, 0.6) is 0 Å². The number of anilines is 1. The van der Waals surface area contributed by atoms with Crippen molar-refractivity contribution in [2.75, 3.05) is 11.4 Å². The van der Waals surface area contributed by atoms with E-state index in [0.717, 1.165) is 6.42 Å². The molecule has 0 bridgehead atoms. The highest BCUT2D eigenvalue weighted by Gasteiger charge is 2.32. The summed E-state index contributed by atoms with van der Waals surface area (Å²) in [4.78, 5) is 25.2. The molecule has 4 nitrogen and oxygen atoms in total. The first-order chi connectivity index (χ1) is 9.02. The van der Waals surface area contributed by atoms with Crippen molar-refractivity contribution in [2.24, 2.45) is 0 Å². The third kappa shape index (κ3) is 2.87. The lowest BCUT2D eigenvalue weighted by Crippen LogP contribution is -2.58. The fourth-order valence-electron chi connectivity index (χ4n) is 2.07. The largest absolute Gasteiger partial charge is 0.343 e. The first-order valence-electron chi connectivity index (χ1n) is 6.08. The van der Waals surface area contributed by atoms with E-state index in [2.05, 4.69) is 5.32 Å². The first kappa shape index (κ1) is 13.8. The number of halogens is 2. The second-order valence-electron chi connectivity index (χ2n) is 4.43. The van der Waals surface area contributed by atoms with E-state index in [1.807, 2.05) is 6.92 Å². The minimum absolute atomic E-state index is 0.0664. The summed E-state index contributed by atoms with van der Waals surface area (Å²) < 4.78 is 13.1. The number of carbonyl (C=O) groups excluding carboxylic acids is 2. The molecule has 19 heavy (non-hydrogen) atoms. The summed E-state index contributed by atoms with van der Waals surface area (Å²) in [6.45, 7) is 1.87. The number of benzene rings is 1. The van der Waals surface area contributed by atoms with Crippen LogP contribution in [0.1, 0.15) is 19.8 Å². The Morgan fingerprint density at radius 3 is 2.84 bits per heavy atom. The predicted octanol–water partition coefficient (Wildman–Crippen LogP) is 2.11. The van der Waals surface area contributed by atoms with Gasteiger partial charge in [0.15, 0.2) is 0 Å². The highest BCUT2D eigenvalue weighted by Crippen LogP contribution is 2.24. The van der Waals surface area contributed by atoms with Crippen LogP contribution in [0.2, 0.25) is 5.02 Å². The normalized spacial score (nSPS) is 19.5. The maximum Gasteiger partial charge on any atom is 0.250 e. The van der Waals surface area contributed by atoms with Gasteiger partial charge in [-0.25, -0.2) is 4.39 Å². The van der Waals surface area contributed by atoms with Gasteiger partial charge in [0.2, 0.25) is 11.8 Å². The van der Waals surface area contributed by atoms with Gasteiger partial charge in [-0.15, -0.1) is 0 Å². The van der Waals surface area contributed by atoms with Crippen LogP contribution in [-0.4, -0.2) is 24.4 Å². The molecule has 1 unspecified atom stereocenters. The summed E-state index contributed by atoms with van der Waals surface area (Å²) in [7, 11) is 0. The summed E-state index contributed by atoms with van der Waals surface area (Å²) in [6.07, 6.45) is 1.37. The number of rotatable bonds is 3. The number of carbonyl (C=O) groups is 2.